The van der Waals surface area contributed by atoms with Crippen LogP contribution in [0.5, 0.6) is 0 Å². The topological polar surface area (TPSA) is 81.1 Å². The number of aromatic nitrogens is 2. The summed E-state index contributed by atoms with van der Waals surface area (Å²) in [6.07, 6.45) is 4.71. The van der Waals surface area contributed by atoms with Crippen LogP contribution in [-0.2, 0) is 14.6 Å². The third-order valence-corrected chi connectivity index (χ3v) is 6.40. The summed E-state index contributed by atoms with van der Waals surface area (Å²) in [4.78, 5) is 16.8. The Bertz CT molecular complexity index is 1120. The predicted molar refractivity (Wildman–Crippen MR) is 112 cm³/mol. The van der Waals surface area contributed by atoms with Crippen LogP contribution in [-0.4, -0.2) is 35.9 Å². The molecule has 0 fully saturated rings. The molecule has 0 aliphatic rings. The van der Waals surface area contributed by atoms with Crippen molar-refractivity contribution in [3.05, 3.63) is 66.0 Å². The lowest BCUT2D eigenvalue weighted by Gasteiger charge is -2.12. The molecule has 0 aliphatic carbocycles. The van der Waals surface area contributed by atoms with Gasteiger partial charge in [0.2, 0.25) is 5.91 Å². The Morgan fingerprint density at radius 2 is 1.93 bits per heavy atom. The first kappa shape index (κ1) is 20.2. The molecule has 0 radical (unpaired) electrons. The smallest absolute Gasteiger partial charge is 0.234 e. The number of carbonyl (C=O) groups is 1. The minimum absolute atomic E-state index is 0.158. The van der Waals surface area contributed by atoms with Crippen molar-refractivity contribution in [2.75, 3.05) is 17.3 Å². The molecule has 8 heteroatoms. The molecule has 0 spiro atoms. The second-order valence-electron chi connectivity index (χ2n) is 6.44. The van der Waals surface area contributed by atoms with Crippen molar-refractivity contribution in [3.63, 3.8) is 0 Å². The molecule has 0 unspecified atom stereocenters. The van der Waals surface area contributed by atoms with Gasteiger partial charge in [0.05, 0.1) is 16.3 Å². The van der Waals surface area contributed by atoms with Crippen molar-refractivity contribution in [2.24, 2.45) is 0 Å². The average Bonchev–Trinajstić information content (AvgIpc) is 3.10. The van der Waals surface area contributed by atoms with E-state index in [2.05, 4.69) is 30.2 Å². The van der Waals surface area contributed by atoms with E-state index in [1.165, 1.54) is 29.5 Å². The highest BCUT2D eigenvalue weighted by Crippen LogP contribution is 2.24. The van der Waals surface area contributed by atoms with Gasteiger partial charge in [-0.1, -0.05) is 30.0 Å². The SMILES string of the molecule is Cc1cccc(-n2ccnc2SCC(=O)Nc2cccc(S(C)(=O)=O)c2)c1C. The van der Waals surface area contributed by atoms with E-state index in [0.29, 0.717) is 10.8 Å². The van der Waals surface area contributed by atoms with E-state index in [4.69, 9.17) is 0 Å². The van der Waals surface area contributed by atoms with Gasteiger partial charge in [-0.2, -0.15) is 0 Å². The van der Waals surface area contributed by atoms with Crippen LogP contribution in [0.25, 0.3) is 5.69 Å². The third-order valence-electron chi connectivity index (χ3n) is 4.32. The molecule has 1 amide bonds. The first-order chi connectivity index (χ1) is 13.3. The fraction of sp³-hybridized carbons (Fsp3) is 0.200. The average molecular weight is 416 g/mol. The van der Waals surface area contributed by atoms with Crippen LogP contribution in [0, 0.1) is 13.8 Å². The number of amides is 1. The molecule has 1 aromatic heterocycles. The standard InChI is InChI=1S/C20H21N3O3S2/c1-14-6-4-9-18(15(14)2)23-11-10-21-20(23)27-13-19(24)22-16-7-5-8-17(12-16)28(3,25)26/h4-12H,13H2,1-3H3,(H,22,24). The van der Waals surface area contributed by atoms with E-state index in [1.54, 1.807) is 18.3 Å². The Balaban J connectivity index is 1.70. The number of nitrogens with zero attached hydrogens (tertiary/aromatic N) is 2. The zero-order valence-corrected chi connectivity index (χ0v) is 17.5. The maximum Gasteiger partial charge on any atom is 0.234 e. The molecule has 146 valence electrons. The highest BCUT2D eigenvalue weighted by molar-refractivity contribution is 7.99. The van der Waals surface area contributed by atoms with E-state index in [0.717, 1.165) is 17.5 Å². The van der Waals surface area contributed by atoms with Crippen LogP contribution in [0.3, 0.4) is 0 Å². The molecule has 0 saturated carbocycles. The van der Waals surface area contributed by atoms with Gasteiger partial charge in [-0.05, 0) is 49.2 Å². The summed E-state index contributed by atoms with van der Waals surface area (Å²) in [5, 5.41) is 3.45. The van der Waals surface area contributed by atoms with Crippen LogP contribution < -0.4 is 5.32 Å². The van der Waals surface area contributed by atoms with Crippen molar-refractivity contribution in [2.45, 2.75) is 23.9 Å². The fourth-order valence-corrected chi connectivity index (χ4v) is 4.14. The van der Waals surface area contributed by atoms with Crippen LogP contribution in [0.4, 0.5) is 5.69 Å². The third kappa shape index (κ3) is 4.63. The van der Waals surface area contributed by atoms with Gasteiger partial charge in [-0.3, -0.25) is 9.36 Å². The van der Waals surface area contributed by atoms with Gasteiger partial charge in [0.1, 0.15) is 0 Å². The van der Waals surface area contributed by atoms with Crippen LogP contribution in [0.1, 0.15) is 11.1 Å². The number of carbonyl (C=O) groups excluding carboxylic acids is 1. The molecule has 0 atom stereocenters. The summed E-state index contributed by atoms with van der Waals surface area (Å²) in [7, 11) is -3.32. The summed E-state index contributed by atoms with van der Waals surface area (Å²) >= 11 is 1.32. The summed E-state index contributed by atoms with van der Waals surface area (Å²) in [5.74, 6) is -0.0727. The van der Waals surface area contributed by atoms with Crippen LogP contribution in [0.15, 0.2) is 64.9 Å². The number of aryl methyl sites for hydroxylation is 1. The minimum atomic E-state index is -3.32. The zero-order valence-electron chi connectivity index (χ0n) is 15.8. The molecule has 0 aliphatic heterocycles. The highest BCUT2D eigenvalue weighted by Gasteiger charge is 2.13. The number of anilines is 1. The van der Waals surface area contributed by atoms with Gasteiger partial charge >= 0.3 is 0 Å². The van der Waals surface area contributed by atoms with Crippen molar-refractivity contribution in [1.29, 1.82) is 0 Å². The fourth-order valence-electron chi connectivity index (χ4n) is 2.71. The number of rotatable bonds is 6. The number of thioether (sulfide) groups is 1. The van der Waals surface area contributed by atoms with E-state index in [9.17, 15) is 13.2 Å². The number of benzene rings is 2. The molecule has 6 nitrogen and oxygen atoms in total. The molecule has 3 aromatic rings. The van der Waals surface area contributed by atoms with Crippen molar-refractivity contribution >= 4 is 33.2 Å². The lowest BCUT2D eigenvalue weighted by atomic mass is 10.1. The highest BCUT2D eigenvalue weighted by atomic mass is 32.2. The molecule has 1 N–H and O–H groups in total. The number of nitrogens with one attached hydrogen (secondary N) is 1. The molecule has 1 heterocycles. The van der Waals surface area contributed by atoms with Crippen molar-refractivity contribution in [1.82, 2.24) is 9.55 Å². The second-order valence-corrected chi connectivity index (χ2v) is 9.39. The molecular weight excluding hydrogens is 394 g/mol. The summed E-state index contributed by atoms with van der Waals surface area (Å²) in [6.45, 7) is 4.11. The first-order valence-corrected chi connectivity index (χ1v) is 11.5. The quantitative estimate of drug-likeness (QED) is 0.622. The maximum absolute atomic E-state index is 12.3. The second kappa shape index (κ2) is 8.20. The lowest BCUT2D eigenvalue weighted by molar-refractivity contribution is -0.113. The molecule has 2 aromatic carbocycles. The van der Waals surface area contributed by atoms with Crippen LogP contribution in [0.2, 0.25) is 0 Å². The van der Waals surface area contributed by atoms with Crippen LogP contribution >= 0.6 is 11.8 Å². The largest absolute Gasteiger partial charge is 0.325 e. The Morgan fingerprint density at radius 3 is 2.68 bits per heavy atom. The van der Waals surface area contributed by atoms with E-state index in [-0.39, 0.29) is 16.6 Å². The maximum atomic E-state index is 12.3. The minimum Gasteiger partial charge on any atom is -0.325 e. The predicted octanol–water partition coefficient (Wildman–Crippen LogP) is 3.62. The summed E-state index contributed by atoms with van der Waals surface area (Å²) < 4.78 is 25.3. The molecule has 0 bridgehead atoms. The summed E-state index contributed by atoms with van der Waals surface area (Å²) in [5.41, 5.74) is 3.82. The number of sulfone groups is 1. The molecule has 0 saturated heterocycles. The van der Waals surface area contributed by atoms with Gasteiger partial charge in [0.25, 0.3) is 0 Å². The number of hydrogen-bond acceptors (Lipinski definition) is 5. The van der Waals surface area contributed by atoms with Gasteiger partial charge in [-0.15, -0.1) is 0 Å². The number of hydrogen-bond donors (Lipinski definition) is 1. The van der Waals surface area contributed by atoms with Crippen molar-refractivity contribution in [3.8, 4) is 5.69 Å². The molecule has 3 rings (SSSR count). The Labute approximate surface area is 168 Å². The summed E-state index contributed by atoms with van der Waals surface area (Å²) in [6, 6.07) is 12.3. The first-order valence-electron chi connectivity index (χ1n) is 8.58. The zero-order chi connectivity index (χ0) is 20.3. The van der Waals surface area contributed by atoms with Gasteiger partial charge in [0, 0.05) is 24.3 Å². The molecule has 28 heavy (non-hydrogen) atoms. The van der Waals surface area contributed by atoms with E-state index >= 15 is 0 Å². The van der Waals surface area contributed by atoms with Gasteiger partial charge < -0.3 is 5.32 Å². The Hall–Kier alpha value is -2.58. The molecular formula is C20H21N3O3S2. The monoisotopic (exact) mass is 415 g/mol. The van der Waals surface area contributed by atoms with Gasteiger partial charge in [0.15, 0.2) is 15.0 Å². The number of imidazole rings is 1. The van der Waals surface area contributed by atoms with E-state index in [1.807, 2.05) is 22.9 Å². The van der Waals surface area contributed by atoms with Crippen molar-refractivity contribution < 1.29 is 13.2 Å². The van der Waals surface area contributed by atoms with E-state index < -0.39 is 9.84 Å². The Kier molecular flexibility index (Phi) is 5.90. The lowest BCUT2D eigenvalue weighted by Crippen LogP contribution is -2.15. The normalized spacial score (nSPS) is 11.4. The van der Waals surface area contributed by atoms with Gasteiger partial charge in [-0.25, -0.2) is 13.4 Å². The Morgan fingerprint density at radius 1 is 1.18 bits per heavy atom.